The van der Waals surface area contributed by atoms with Crippen LogP contribution in [0.4, 0.5) is 4.79 Å². The number of methoxy groups -OCH3 is 1. The van der Waals surface area contributed by atoms with Gasteiger partial charge in [-0.15, -0.1) is 0 Å². The topological polar surface area (TPSA) is 124 Å². The lowest BCUT2D eigenvalue weighted by molar-refractivity contribution is -0.294. The van der Waals surface area contributed by atoms with E-state index in [4.69, 9.17) is 23.7 Å². The van der Waals surface area contributed by atoms with E-state index in [-0.39, 0.29) is 24.3 Å². The number of hydrogen-bond acceptors (Lipinski definition) is 10. The molecule has 0 bridgehead atoms. The number of rotatable bonds is 8. The monoisotopic (exact) mass is 778 g/mol. The van der Waals surface area contributed by atoms with Crippen LogP contribution < -0.4 is 0 Å². The van der Waals surface area contributed by atoms with Crippen LogP contribution in [-0.2, 0) is 39.7 Å². The van der Waals surface area contributed by atoms with Crippen LogP contribution in [0.3, 0.4) is 0 Å². The molecule has 0 aromatic heterocycles. The number of carbonyl (C=O) groups excluding carboxylic acids is 3. The van der Waals surface area contributed by atoms with Gasteiger partial charge in [0.25, 0.3) is 0 Å². The third-order valence-electron chi connectivity index (χ3n) is 11.3. The molecule has 3 heterocycles. The third kappa shape index (κ3) is 8.90. The van der Waals surface area contributed by atoms with Gasteiger partial charge in [0.2, 0.25) is 0 Å². The van der Waals surface area contributed by atoms with Crippen LogP contribution in [0.2, 0.25) is 0 Å². The van der Waals surface area contributed by atoms with E-state index in [0.717, 1.165) is 10.0 Å². The molecule has 1 unspecified atom stereocenters. The molecule has 51 heavy (non-hydrogen) atoms. The van der Waals surface area contributed by atoms with Crippen LogP contribution in [0, 0.1) is 17.8 Å². The summed E-state index contributed by atoms with van der Waals surface area (Å²) in [7, 11) is 5.41. The second kappa shape index (κ2) is 16.8. The van der Waals surface area contributed by atoms with Crippen molar-refractivity contribution in [2.75, 3.05) is 27.7 Å². The standard InChI is InChI=1S/C39H59BrN2O9/c1-12-30-39(8)33(42(37(46)51-39)18-17-27-13-15-28(40)16-14-27)26(6)31(43)24(4)21-38(7,47-11)34(22(2)19-23(3)35(45)49-30)50-36-32(44)29(41(9)10)20-25(5)48-36/h13-16,19,22,24-26,29-30,32-34,36,44H,12,17-18,20-21H2,1-11H3/b23-19+/t22-,24+,25+,26-,29-,30?,32+,33+,34+,36-,38+,39+/m0/s1. The van der Waals surface area contributed by atoms with Crippen LogP contribution in [-0.4, -0.2) is 114 Å². The Morgan fingerprint density at radius 2 is 1.73 bits per heavy atom. The molecular formula is C39H59BrN2O9. The molecule has 11 nitrogen and oxygen atoms in total. The van der Waals surface area contributed by atoms with E-state index in [1.807, 2.05) is 84.8 Å². The highest BCUT2D eigenvalue weighted by Gasteiger charge is 2.60. The van der Waals surface area contributed by atoms with E-state index < -0.39 is 71.7 Å². The predicted octanol–water partition coefficient (Wildman–Crippen LogP) is 5.94. The largest absolute Gasteiger partial charge is 0.455 e. The maximum atomic E-state index is 14.6. The van der Waals surface area contributed by atoms with Gasteiger partial charge in [0.15, 0.2) is 11.9 Å². The molecule has 0 spiro atoms. The summed E-state index contributed by atoms with van der Waals surface area (Å²) in [5, 5.41) is 11.4. The zero-order chi connectivity index (χ0) is 38.0. The van der Waals surface area contributed by atoms with Crippen molar-refractivity contribution in [1.82, 2.24) is 9.80 Å². The molecule has 4 rings (SSSR count). The molecule has 2 saturated heterocycles. The number of Topliss-reactive ketones (excluding diaryl/α,β-unsaturated/α-hetero) is 1. The van der Waals surface area contributed by atoms with Gasteiger partial charge >= 0.3 is 12.1 Å². The Morgan fingerprint density at radius 3 is 2.31 bits per heavy atom. The number of aliphatic hydroxyl groups excluding tert-OH is 1. The number of aliphatic hydroxyl groups is 1. The number of benzene rings is 1. The first kappa shape index (κ1) is 41.4. The van der Waals surface area contributed by atoms with Crippen molar-refractivity contribution in [3.05, 3.63) is 46.0 Å². The van der Waals surface area contributed by atoms with E-state index in [2.05, 4.69) is 15.9 Å². The fourth-order valence-electron chi connectivity index (χ4n) is 8.51. The zero-order valence-electron chi connectivity index (χ0n) is 32.2. The summed E-state index contributed by atoms with van der Waals surface area (Å²) in [6.45, 7) is 15.1. The van der Waals surface area contributed by atoms with Gasteiger partial charge in [0.1, 0.15) is 18.0 Å². The first-order valence-electron chi connectivity index (χ1n) is 18.2. The molecule has 1 amide bonds. The second-order valence-electron chi connectivity index (χ2n) is 15.5. The molecule has 1 aromatic carbocycles. The van der Waals surface area contributed by atoms with Gasteiger partial charge in [-0.3, -0.25) is 9.69 Å². The second-order valence-corrected chi connectivity index (χ2v) is 16.4. The van der Waals surface area contributed by atoms with Crippen molar-refractivity contribution in [2.24, 2.45) is 17.8 Å². The fraction of sp³-hybridized carbons (Fsp3) is 0.718. The molecule has 12 heteroatoms. The number of cyclic esters (lactones) is 1. The highest BCUT2D eigenvalue weighted by Crippen LogP contribution is 2.43. The van der Waals surface area contributed by atoms with Gasteiger partial charge in [0.05, 0.1) is 23.9 Å². The zero-order valence-corrected chi connectivity index (χ0v) is 33.8. The Morgan fingerprint density at radius 1 is 1.08 bits per heavy atom. The van der Waals surface area contributed by atoms with Crippen molar-refractivity contribution in [3.63, 3.8) is 0 Å². The number of ether oxygens (including phenoxy) is 5. The Hall–Kier alpha value is -2.35. The quantitative estimate of drug-likeness (QED) is 0.318. The highest BCUT2D eigenvalue weighted by atomic mass is 79.9. The number of fused-ring (bicyclic) bond motifs is 1. The number of ketones is 1. The van der Waals surface area contributed by atoms with E-state index in [1.165, 1.54) is 0 Å². The number of carbonyl (C=O) groups is 3. The predicted molar refractivity (Wildman–Crippen MR) is 197 cm³/mol. The maximum Gasteiger partial charge on any atom is 0.410 e. The summed E-state index contributed by atoms with van der Waals surface area (Å²) in [5.41, 5.74) is -0.976. The molecule has 0 saturated carbocycles. The van der Waals surface area contributed by atoms with E-state index in [9.17, 15) is 19.5 Å². The van der Waals surface area contributed by atoms with E-state index >= 15 is 0 Å². The maximum absolute atomic E-state index is 14.6. The minimum absolute atomic E-state index is 0.0759. The molecule has 12 atom stereocenters. The number of likely N-dealkylation sites (N-methyl/N-ethyl adjacent to an activating group) is 1. The number of halogens is 1. The molecule has 1 aromatic rings. The van der Waals surface area contributed by atoms with Gasteiger partial charge in [-0.05, 0) is 85.2 Å². The molecule has 0 aliphatic carbocycles. The normalized spacial score (nSPS) is 39.5. The molecule has 3 aliphatic rings. The highest BCUT2D eigenvalue weighted by molar-refractivity contribution is 9.10. The van der Waals surface area contributed by atoms with E-state index in [1.54, 1.807) is 31.9 Å². The van der Waals surface area contributed by atoms with Crippen molar-refractivity contribution in [1.29, 1.82) is 0 Å². The lowest BCUT2D eigenvalue weighted by Gasteiger charge is -2.47. The van der Waals surface area contributed by atoms with Crippen molar-refractivity contribution in [2.45, 2.75) is 135 Å². The lowest BCUT2D eigenvalue weighted by atomic mass is 9.74. The fourth-order valence-corrected chi connectivity index (χ4v) is 8.78. The number of nitrogens with zero attached hydrogens (tertiary/aromatic N) is 2. The molecule has 286 valence electrons. The summed E-state index contributed by atoms with van der Waals surface area (Å²) >= 11 is 3.47. The number of esters is 1. The first-order valence-corrected chi connectivity index (χ1v) is 19.0. The van der Waals surface area contributed by atoms with Gasteiger partial charge in [-0.2, -0.15) is 0 Å². The van der Waals surface area contributed by atoms with Crippen molar-refractivity contribution in [3.8, 4) is 0 Å². The summed E-state index contributed by atoms with van der Waals surface area (Å²) in [5.74, 6) is -2.28. The van der Waals surface area contributed by atoms with Gasteiger partial charge in [-0.25, -0.2) is 9.59 Å². The molecule has 2 fully saturated rings. The summed E-state index contributed by atoms with van der Waals surface area (Å²) in [4.78, 5) is 45.7. The molecular weight excluding hydrogens is 720 g/mol. The average molecular weight is 780 g/mol. The molecule has 0 radical (unpaired) electrons. The molecule has 3 aliphatic heterocycles. The lowest BCUT2D eigenvalue weighted by Crippen LogP contribution is -2.59. The minimum atomic E-state index is -1.30. The van der Waals surface area contributed by atoms with Crippen LogP contribution in [0.1, 0.15) is 80.2 Å². The van der Waals surface area contributed by atoms with E-state index in [0.29, 0.717) is 31.4 Å². The van der Waals surface area contributed by atoms with Gasteiger partial charge in [0, 0.05) is 47.5 Å². The third-order valence-corrected chi connectivity index (χ3v) is 11.9. The Balaban J connectivity index is 1.76. The average Bonchev–Trinajstić information content (AvgIpc) is 3.34. The Bertz CT molecular complexity index is 1420. The summed E-state index contributed by atoms with van der Waals surface area (Å²) in [6.07, 6.45) is -0.608. The number of hydrogen-bond donors (Lipinski definition) is 1. The summed E-state index contributed by atoms with van der Waals surface area (Å²) < 4.78 is 32.4. The smallest absolute Gasteiger partial charge is 0.410 e. The summed E-state index contributed by atoms with van der Waals surface area (Å²) in [6, 6.07) is 6.97. The van der Waals surface area contributed by atoms with Crippen LogP contribution >= 0.6 is 15.9 Å². The Labute approximate surface area is 312 Å². The first-order chi connectivity index (χ1) is 23.9. The van der Waals surface area contributed by atoms with Crippen LogP contribution in [0.15, 0.2) is 40.4 Å². The van der Waals surface area contributed by atoms with Crippen LogP contribution in [0.5, 0.6) is 0 Å². The van der Waals surface area contributed by atoms with Crippen molar-refractivity contribution >= 4 is 33.8 Å². The van der Waals surface area contributed by atoms with Crippen molar-refractivity contribution < 1.29 is 43.2 Å². The minimum Gasteiger partial charge on any atom is -0.455 e. The SMILES string of the molecule is CCC1OC(=O)/C(C)=C/[C@H](C)[C@@H](O[C@@H]2O[C@H](C)C[C@H](N(C)C)[C@H]2O)[C@](C)(OC)C[C@@H](C)C(=O)[C@H](C)[C@H]2N(CCc3ccc(Br)cc3)C(=O)O[C@]12C. The van der Waals surface area contributed by atoms with Gasteiger partial charge < -0.3 is 33.7 Å². The number of amides is 1. The Kier molecular flexibility index (Phi) is 13.6. The van der Waals surface area contributed by atoms with Gasteiger partial charge in [-0.1, -0.05) is 61.8 Å². The molecule has 1 N–H and O–H groups in total. The van der Waals surface area contributed by atoms with Crippen LogP contribution in [0.25, 0.3) is 0 Å².